The van der Waals surface area contributed by atoms with Crippen LogP contribution < -0.4 is 15.9 Å². The van der Waals surface area contributed by atoms with Crippen LogP contribution in [-0.4, -0.2) is 25.5 Å². The summed E-state index contributed by atoms with van der Waals surface area (Å²) < 4.78 is 33.9. The summed E-state index contributed by atoms with van der Waals surface area (Å²) in [6.45, 7) is -4.13. The molecule has 0 aliphatic carbocycles. The summed E-state index contributed by atoms with van der Waals surface area (Å²) in [5.74, 6) is -1.74. The molecule has 0 fully saturated rings. The molecule has 1 N–H and O–H groups in total. The van der Waals surface area contributed by atoms with Crippen molar-refractivity contribution in [3.05, 3.63) is 187 Å². The number of aromatic carboxylic acids is 1. The molecule has 0 saturated carbocycles. The molecule has 0 amide bonds. The molecule has 0 spiro atoms. The third-order valence-corrected chi connectivity index (χ3v) is 15.8. The van der Waals surface area contributed by atoms with Gasteiger partial charge in [-0.15, -0.1) is 0 Å². The Balaban J connectivity index is 1.51. The minimum absolute atomic E-state index is 0.0193. The van der Waals surface area contributed by atoms with Gasteiger partial charge in [0.2, 0.25) is 0 Å². The van der Waals surface area contributed by atoms with Crippen LogP contribution in [0.3, 0.4) is 0 Å². The van der Waals surface area contributed by atoms with Crippen LogP contribution in [0.2, 0.25) is 0 Å². The standard InChI is InChI=1S/C39H31O6PS/c40-38(41)31-21-25-36(26-22-31)47(43,44)37-27-23-32(24-28-37)39(42)45-46(33-15-7-2-8-16-33,34-17-9-3-10-18-34,35-19-11-4-12-20-35)29-30-13-5-1-6-14-30/h1-28H,29H2,(H,40,41). The molecule has 0 saturated heterocycles. The summed E-state index contributed by atoms with van der Waals surface area (Å²) in [5, 5.41) is 11.8. The van der Waals surface area contributed by atoms with Crippen LogP contribution in [0, 0.1) is 0 Å². The second-order valence-corrected chi connectivity index (χ2v) is 17.5. The van der Waals surface area contributed by atoms with Gasteiger partial charge >= 0.3 is 265 Å². The molecule has 0 aliphatic heterocycles. The first-order chi connectivity index (χ1) is 22.7. The molecule has 0 radical (unpaired) electrons. The van der Waals surface area contributed by atoms with Crippen LogP contribution in [0.15, 0.2) is 180 Å². The summed E-state index contributed by atoms with van der Waals surface area (Å²) in [6.07, 6.45) is 0.398. The quantitative estimate of drug-likeness (QED) is 0.159. The van der Waals surface area contributed by atoms with Crippen molar-refractivity contribution in [2.75, 3.05) is 0 Å². The van der Waals surface area contributed by atoms with Crippen molar-refractivity contribution in [2.45, 2.75) is 16.0 Å². The third kappa shape index (κ3) is 5.76. The topological polar surface area (TPSA) is 97.7 Å². The third-order valence-electron chi connectivity index (χ3n) is 8.33. The molecule has 0 aromatic heterocycles. The minimum atomic E-state index is -4.13. The molecule has 0 unspecified atom stereocenters. The summed E-state index contributed by atoms with van der Waals surface area (Å²) in [5.41, 5.74) is 1.16. The predicted molar refractivity (Wildman–Crippen MR) is 186 cm³/mol. The van der Waals surface area contributed by atoms with Gasteiger partial charge in [0.25, 0.3) is 0 Å². The van der Waals surface area contributed by atoms with Crippen LogP contribution in [0.4, 0.5) is 0 Å². The van der Waals surface area contributed by atoms with Crippen LogP contribution in [0.5, 0.6) is 0 Å². The number of rotatable bonds is 10. The van der Waals surface area contributed by atoms with Crippen LogP contribution >= 0.6 is 6.83 Å². The van der Waals surface area contributed by atoms with E-state index >= 15 is 0 Å². The molecule has 6 aromatic rings. The van der Waals surface area contributed by atoms with Gasteiger partial charge in [-0.1, -0.05) is 0 Å². The summed E-state index contributed by atoms with van der Waals surface area (Å²) >= 11 is 0. The van der Waals surface area contributed by atoms with E-state index in [1.165, 1.54) is 48.5 Å². The number of carboxylic acid groups (broad SMARTS) is 1. The number of carboxylic acids is 1. The normalized spacial score (nSPS) is 12.4. The average molecular weight is 659 g/mol. The zero-order chi connectivity index (χ0) is 32.9. The van der Waals surface area contributed by atoms with E-state index < -0.39 is 28.6 Å². The second-order valence-electron chi connectivity index (χ2n) is 11.1. The molecule has 6 aromatic carbocycles. The number of hydrogen-bond donors (Lipinski definition) is 1. The molecular formula is C39H31O6PS. The molecule has 6 rings (SSSR count). The van der Waals surface area contributed by atoms with Gasteiger partial charge in [-0.3, -0.25) is 0 Å². The van der Waals surface area contributed by atoms with E-state index in [-0.39, 0.29) is 20.9 Å². The summed E-state index contributed by atoms with van der Waals surface area (Å²) in [4.78, 5) is 25.7. The fourth-order valence-electron chi connectivity index (χ4n) is 5.99. The molecule has 0 bridgehead atoms. The van der Waals surface area contributed by atoms with E-state index in [9.17, 15) is 23.1 Å². The van der Waals surface area contributed by atoms with Crippen molar-refractivity contribution in [1.82, 2.24) is 0 Å². The van der Waals surface area contributed by atoms with Crippen molar-refractivity contribution in [2.24, 2.45) is 0 Å². The Hall–Kier alpha value is -5.36. The first kappa shape index (κ1) is 31.6. The van der Waals surface area contributed by atoms with Crippen molar-refractivity contribution >= 4 is 44.5 Å². The molecule has 0 atom stereocenters. The predicted octanol–water partition coefficient (Wildman–Crippen LogP) is 7.02. The van der Waals surface area contributed by atoms with E-state index in [1.807, 2.05) is 121 Å². The average Bonchev–Trinajstić information content (AvgIpc) is 3.13. The van der Waals surface area contributed by atoms with Crippen molar-refractivity contribution in [1.29, 1.82) is 0 Å². The monoisotopic (exact) mass is 658 g/mol. The molecule has 47 heavy (non-hydrogen) atoms. The Morgan fingerprint density at radius 3 is 1.26 bits per heavy atom. The van der Waals surface area contributed by atoms with Gasteiger partial charge in [0.1, 0.15) is 0 Å². The molecule has 8 heteroatoms. The number of carbonyl (C=O) groups is 2. The maximum absolute atomic E-state index is 14.5. The van der Waals surface area contributed by atoms with Crippen molar-refractivity contribution in [3.8, 4) is 0 Å². The van der Waals surface area contributed by atoms with Crippen molar-refractivity contribution in [3.63, 3.8) is 0 Å². The molecular weight excluding hydrogens is 627 g/mol. The van der Waals surface area contributed by atoms with Crippen LogP contribution in [0.25, 0.3) is 0 Å². The van der Waals surface area contributed by atoms with E-state index in [4.69, 9.17) is 4.52 Å². The Kier molecular flexibility index (Phi) is 8.61. The fourth-order valence-corrected chi connectivity index (χ4v) is 12.9. The number of sulfone groups is 1. The van der Waals surface area contributed by atoms with E-state index in [1.54, 1.807) is 0 Å². The van der Waals surface area contributed by atoms with E-state index in [2.05, 4.69) is 0 Å². The SMILES string of the molecule is O=C(O)c1ccc(S(=O)(=O)c2ccc(C(=O)OP(Cc3ccccc3)(c3ccccc3)(c3ccccc3)c3ccccc3)cc2)cc1. The summed E-state index contributed by atoms with van der Waals surface area (Å²) in [6, 6.07) is 50.2. The van der Waals surface area contributed by atoms with E-state index in [0.29, 0.717) is 6.16 Å². The van der Waals surface area contributed by atoms with Gasteiger partial charge in [-0.25, -0.2) is 4.79 Å². The second kappa shape index (κ2) is 12.8. The zero-order valence-electron chi connectivity index (χ0n) is 25.2. The van der Waals surface area contributed by atoms with Gasteiger partial charge in [-0.05, 0) is 0 Å². The summed E-state index contributed by atoms with van der Waals surface area (Å²) in [7, 11) is -3.98. The Morgan fingerprint density at radius 1 is 0.511 bits per heavy atom. The molecule has 0 aliphatic rings. The first-order valence-corrected chi connectivity index (χ1v) is 18.7. The zero-order valence-corrected chi connectivity index (χ0v) is 26.9. The molecule has 0 heterocycles. The van der Waals surface area contributed by atoms with Gasteiger partial charge in [0.05, 0.1) is 0 Å². The van der Waals surface area contributed by atoms with Crippen molar-refractivity contribution < 1.29 is 27.6 Å². The van der Waals surface area contributed by atoms with Crippen LogP contribution in [0.1, 0.15) is 26.3 Å². The Morgan fingerprint density at radius 2 is 0.872 bits per heavy atom. The number of hydrogen-bond acceptors (Lipinski definition) is 5. The van der Waals surface area contributed by atoms with Gasteiger partial charge < -0.3 is 5.11 Å². The Bertz CT molecular complexity index is 2020. The molecule has 234 valence electrons. The molecule has 6 nitrogen and oxygen atoms in total. The number of carbonyl (C=O) groups excluding carboxylic acids is 1. The maximum atomic E-state index is 14.5. The Labute approximate surface area is 273 Å². The first-order valence-electron chi connectivity index (χ1n) is 14.9. The van der Waals surface area contributed by atoms with Gasteiger partial charge in [0.15, 0.2) is 0 Å². The van der Waals surface area contributed by atoms with E-state index in [0.717, 1.165) is 21.5 Å². The fraction of sp³-hybridized carbons (Fsp3) is 0.0256. The van der Waals surface area contributed by atoms with Gasteiger partial charge in [-0.2, -0.15) is 0 Å². The van der Waals surface area contributed by atoms with Gasteiger partial charge in [0, 0.05) is 0 Å². The van der Waals surface area contributed by atoms with Crippen LogP contribution in [-0.2, 0) is 20.5 Å². The number of benzene rings is 6.